The number of nitrogens with zero attached hydrogens (tertiary/aromatic N) is 1. The first-order valence-corrected chi connectivity index (χ1v) is 9.18. The smallest absolute Gasteiger partial charge is 0.258 e. The number of carbonyl (C=O) groups excluding carboxylic acids is 1. The van der Waals surface area contributed by atoms with Gasteiger partial charge >= 0.3 is 0 Å². The van der Waals surface area contributed by atoms with E-state index in [-0.39, 0.29) is 5.91 Å². The number of amides is 1. The average Bonchev–Trinajstić information content (AvgIpc) is 2.80. The van der Waals surface area contributed by atoms with Crippen LogP contribution in [0, 0.1) is 3.57 Å². The van der Waals surface area contributed by atoms with E-state index in [1.165, 1.54) is 36.3 Å². The molecule has 5 heteroatoms. The van der Waals surface area contributed by atoms with E-state index in [1.54, 1.807) is 11.3 Å². The Balaban J connectivity index is 1.77. The third-order valence-electron chi connectivity index (χ3n) is 3.68. The largest absolute Gasteiger partial charge is 0.298 e. The van der Waals surface area contributed by atoms with Crippen LogP contribution in [0.4, 0.5) is 5.13 Å². The molecule has 2 aromatic rings. The van der Waals surface area contributed by atoms with Crippen molar-refractivity contribution in [2.75, 3.05) is 5.32 Å². The zero-order chi connectivity index (χ0) is 14.7. The number of nitrogens with one attached hydrogen (secondary N) is 1. The molecule has 0 radical (unpaired) electrons. The van der Waals surface area contributed by atoms with Crippen LogP contribution in [-0.2, 0) is 12.8 Å². The molecule has 0 saturated carbocycles. The van der Waals surface area contributed by atoms with Crippen LogP contribution >= 0.6 is 33.9 Å². The number of aromatic nitrogens is 1. The number of rotatable bonds is 2. The number of fused-ring (bicyclic) bond motifs is 1. The summed E-state index contributed by atoms with van der Waals surface area (Å²) in [5, 5.41) is 3.70. The molecular formula is C16H17IN2OS. The van der Waals surface area contributed by atoms with Crippen molar-refractivity contribution in [2.24, 2.45) is 0 Å². The zero-order valence-corrected chi connectivity index (χ0v) is 14.7. The third-order valence-corrected chi connectivity index (χ3v) is 5.70. The molecule has 1 aliphatic rings. The van der Waals surface area contributed by atoms with Crippen LogP contribution < -0.4 is 5.32 Å². The van der Waals surface area contributed by atoms with Gasteiger partial charge in [0.05, 0.1) is 11.3 Å². The summed E-state index contributed by atoms with van der Waals surface area (Å²) in [4.78, 5) is 18.3. The van der Waals surface area contributed by atoms with Crippen molar-refractivity contribution >= 4 is 45.0 Å². The molecule has 1 amide bonds. The van der Waals surface area contributed by atoms with Gasteiger partial charge in [-0.3, -0.25) is 10.1 Å². The summed E-state index contributed by atoms with van der Waals surface area (Å²) in [5.74, 6) is -0.0679. The van der Waals surface area contributed by atoms with E-state index in [0.717, 1.165) is 21.5 Å². The van der Waals surface area contributed by atoms with Crippen LogP contribution in [0.15, 0.2) is 24.3 Å². The van der Waals surface area contributed by atoms with Gasteiger partial charge in [0.1, 0.15) is 0 Å². The van der Waals surface area contributed by atoms with Crippen LogP contribution in [0.5, 0.6) is 0 Å². The fraction of sp³-hybridized carbons (Fsp3) is 0.375. The van der Waals surface area contributed by atoms with Crippen molar-refractivity contribution in [1.29, 1.82) is 0 Å². The summed E-state index contributed by atoms with van der Waals surface area (Å²) in [5.41, 5.74) is 1.90. The Morgan fingerprint density at radius 3 is 2.71 bits per heavy atom. The van der Waals surface area contributed by atoms with E-state index in [0.29, 0.717) is 5.56 Å². The van der Waals surface area contributed by atoms with Gasteiger partial charge in [-0.25, -0.2) is 4.98 Å². The molecular weight excluding hydrogens is 395 g/mol. The molecule has 1 aromatic heterocycles. The molecule has 1 N–H and O–H groups in total. The maximum atomic E-state index is 12.3. The summed E-state index contributed by atoms with van der Waals surface area (Å²) in [6.07, 6.45) is 7.19. The topological polar surface area (TPSA) is 42.0 Å². The molecule has 0 saturated heterocycles. The number of benzene rings is 1. The predicted octanol–water partition coefficient (Wildman–Crippen LogP) is 4.66. The fourth-order valence-electron chi connectivity index (χ4n) is 2.57. The monoisotopic (exact) mass is 412 g/mol. The van der Waals surface area contributed by atoms with Gasteiger partial charge in [-0.1, -0.05) is 25.0 Å². The second-order valence-electron chi connectivity index (χ2n) is 5.24. The highest BCUT2D eigenvalue weighted by atomic mass is 127. The Labute approximate surface area is 142 Å². The lowest BCUT2D eigenvalue weighted by atomic mass is 10.0. The highest BCUT2D eigenvalue weighted by molar-refractivity contribution is 14.1. The molecule has 3 rings (SSSR count). The average molecular weight is 412 g/mol. The minimum Gasteiger partial charge on any atom is -0.298 e. The van der Waals surface area contributed by atoms with Gasteiger partial charge in [0, 0.05) is 8.45 Å². The minimum absolute atomic E-state index is 0.0679. The van der Waals surface area contributed by atoms with E-state index >= 15 is 0 Å². The van der Waals surface area contributed by atoms with Crippen LogP contribution in [0.1, 0.15) is 46.6 Å². The van der Waals surface area contributed by atoms with Gasteiger partial charge in [-0.2, -0.15) is 0 Å². The lowest BCUT2D eigenvalue weighted by molar-refractivity contribution is 0.102. The summed E-state index contributed by atoms with van der Waals surface area (Å²) in [7, 11) is 0. The Bertz CT molecular complexity index is 628. The van der Waals surface area contributed by atoms with E-state index < -0.39 is 0 Å². The number of aryl methyl sites for hydroxylation is 2. The molecule has 1 heterocycles. The highest BCUT2D eigenvalue weighted by Crippen LogP contribution is 2.29. The maximum Gasteiger partial charge on any atom is 0.258 e. The van der Waals surface area contributed by atoms with Gasteiger partial charge in [-0.15, -0.1) is 11.3 Å². The molecule has 110 valence electrons. The van der Waals surface area contributed by atoms with Crippen molar-refractivity contribution in [3.8, 4) is 0 Å². The molecule has 0 atom stereocenters. The van der Waals surface area contributed by atoms with Gasteiger partial charge in [0.2, 0.25) is 0 Å². The quantitative estimate of drug-likeness (QED) is 0.730. The first-order chi connectivity index (χ1) is 10.2. The van der Waals surface area contributed by atoms with E-state index in [1.807, 2.05) is 24.3 Å². The second kappa shape index (κ2) is 6.87. The number of anilines is 1. The van der Waals surface area contributed by atoms with Gasteiger partial charge in [-0.05, 0) is 60.4 Å². The Kier molecular flexibility index (Phi) is 4.90. The van der Waals surface area contributed by atoms with Crippen LogP contribution in [-0.4, -0.2) is 10.9 Å². The van der Waals surface area contributed by atoms with E-state index in [4.69, 9.17) is 0 Å². The molecule has 0 aliphatic heterocycles. The number of carbonyl (C=O) groups is 1. The molecule has 3 nitrogen and oxygen atoms in total. The molecule has 0 fully saturated rings. The molecule has 1 aromatic carbocycles. The number of hydrogen-bond donors (Lipinski definition) is 1. The first kappa shape index (κ1) is 15.0. The SMILES string of the molecule is O=C(Nc1nc2c(s1)CCCCCC2)c1ccccc1I. The lowest BCUT2D eigenvalue weighted by Crippen LogP contribution is -2.13. The summed E-state index contributed by atoms with van der Waals surface area (Å²) >= 11 is 3.83. The molecule has 0 bridgehead atoms. The van der Waals surface area contributed by atoms with Crippen molar-refractivity contribution < 1.29 is 4.79 Å². The first-order valence-electron chi connectivity index (χ1n) is 7.28. The van der Waals surface area contributed by atoms with Crippen LogP contribution in [0.3, 0.4) is 0 Å². The van der Waals surface area contributed by atoms with Crippen molar-refractivity contribution in [2.45, 2.75) is 38.5 Å². The summed E-state index contributed by atoms with van der Waals surface area (Å²) in [6, 6.07) is 7.61. The summed E-state index contributed by atoms with van der Waals surface area (Å²) in [6.45, 7) is 0. The highest BCUT2D eigenvalue weighted by Gasteiger charge is 2.16. The standard InChI is InChI=1S/C16H17IN2OS/c17-12-8-6-5-7-11(12)15(20)19-16-18-13-9-3-1-2-4-10-14(13)21-16/h5-8H,1-4,9-10H2,(H,18,19,20). The van der Waals surface area contributed by atoms with Gasteiger partial charge in [0.25, 0.3) is 5.91 Å². The molecule has 21 heavy (non-hydrogen) atoms. The Hall–Kier alpha value is -0.950. The number of halogens is 1. The third kappa shape index (κ3) is 3.63. The maximum absolute atomic E-state index is 12.3. The number of thiazole rings is 1. The minimum atomic E-state index is -0.0679. The summed E-state index contributed by atoms with van der Waals surface area (Å²) < 4.78 is 0.961. The number of hydrogen-bond acceptors (Lipinski definition) is 3. The van der Waals surface area contributed by atoms with E-state index in [2.05, 4.69) is 32.9 Å². The Morgan fingerprint density at radius 1 is 1.14 bits per heavy atom. The zero-order valence-electron chi connectivity index (χ0n) is 11.7. The molecule has 1 aliphatic carbocycles. The van der Waals surface area contributed by atoms with Crippen molar-refractivity contribution in [3.63, 3.8) is 0 Å². The molecule has 0 unspecified atom stereocenters. The van der Waals surface area contributed by atoms with Crippen molar-refractivity contribution in [1.82, 2.24) is 4.98 Å². The van der Waals surface area contributed by atoms with Crippen LogP contribution in [0.25, 0.3) is 0 Å². The molecule has 0 spiro atoms. The van der Waals surface area contributed by atoms with Crippen molar-refractivity contribution in [3.05, 3.63) is 44.0 Å². The van der Waals surface area contributed by atoms with Gasteiger partial charge in [0.15, 0.2) is 5.13 Å². The normalized spacial score (nSPS) is 14.9. The van der Waals surface area contributed by atoms with E-state index in [9.17, 15) is 4.79 Å². The predicted molar refractivity (Wildman–Crippen MR) is 95.1 cm³/mol. The lowest BCUT2D eigenvalue weighted by Gasteiger charge is -2.06. The Morgan fingerprint density at radius 2 is 1.90 bits per heavy atom. The fourth-order valence-corrected chi connectivity index (χ4v) is 4.25. The van der Waals surface area contributed by atoms with Gasteiger partial charge < -0.3 is 0 Å². The second-order valence-corrected chi connectivity index (χ2v) is 7.48. The van der Waals surface area contributed by atoms with Crippen LogP contribution in [0.2, 0.25) is 0 Å².